The summed E-state index contributed by atoms with van der Waals surface area (Å²) in [5.41, 5.74) is 4.08. The molecule has 22 heavy (non-hydrogen) atoms. The molecule has 0 aliphatic carbocycles. The molecule has 0 heterocycles. The maximum absolute atomic E-state index is 12.3. The molecule has 0 bridgehead atoms. The first kappa shape index (κ1) is 16.1. The second kappa shape index (κ2) is 5.84. The van der Waals surface area contributed by atoms with Gasteiger partial charge in [0, 0.05) is 11.3 Å². The van der Waals surface area contributed by atoms with Gasteiger partial charge in [0.1, 0.15) is 5.75 Å². The largest absolute Gasteiger partial charge is 0.507 e. The van der Waals surface area contributed by atoms with Gasteiger partial charge < -0.3 is 10.4 Å². The number of aryl methyl sites for hydroxylation is 2. The Bertz CT molecular complexity index is 671. The molecule has 3 heteroatoms. The molecule has 2 aromatic rings. The van der Waals surface area contributed by atoms with Crippen LogP contribution >= 0.6 is 0 Å². The van der Waals surface area contributed by atoms with Crippen molar-refractivity contribution in [1.29, 1.82) is 0 Å². The minimum Gasteiger partial charge on any atom is -0.507 e. The predicted molar refractivity (Wildman–Crippen MR) is 90.7 cm³/mol. The number of phenolic OH excluding ortho intramolecular Hbond substituents is 1. The third-order valence-electron chi connectivity index (χ3n) is 3.76. The van der Waals surface area contributed by atoms with Crippen LogP contribution in [0.25, 0.3) is 0 Å². The predicted octanol–water partition coefficient (Wildman–Crippen LogP) is 4.56. The fraction of sp³-hybridized carbons (Fsp3) is 0.316. The first-order valence-electron chi connectivity index (χ1n) is 7.40. The maximum atomic E-state index is 12.3. The maximum Gasteiger partial charge on any atom is 0.255 e. The Morgan fingerprint density at radius 3 is 1.95 bits per heavy atom. The summed E-state index contributed by atoms with van der Waals surface area (Å²) in [5.74, 6) is 0.123. The number of amides is 1. The zero-order valence-electron chi connectivity index (χ0n) is 13.8. The SMILES string of the molecule is Cc1cc(NC(=O)c2ccc(C(C)(C)C)cc2)cc(C)c1O. The quantitative estimate of drug-likeness (QED) is 0.798. The number of hydrogen-bond acceptors (Lipinski definition) is 2. The fourth-order valence-corrected chi connectivity index (χ4v) is 2.35. The fourth-order valence-electron chi connectivity index (χ4n) is 2.35. The summed E-state index contributed by atoms with van der Waals surface area (Å²) in [6, 6.07) is 11.2. The highest BCUT2D eigenvalue weighted by molar-refractivity contribution is 6.04. The molecule has 0 unspecified atom stereocenters. The molecule has 1 amide bonds. The molecule has 0 fully saturated rings. The van der Waals surface area contributed by atoms with Crippen molar-refractivity contribution in [3.05, 3.63) is 58.7 Å². The molecule has 0 aliphatic rings. The van der Waals surface area contributed by atoms with E-state index >= 15 is 0 Å². The molecule has 0 aliphatic heterocycles. The van der Waals surface area contributed by atoms with Crippen molar-refractivity contribution in [2.24, 2.45) is 0 Å². The lowest BCUT2D eigenvalue weighted by atomic mass is 9.87. The summed E-state index contributed by atoms with van der Waals surface area (Å²) in [7, 11) is 0. The molecule has 0 saturated carbocycles. The second-order valence-corrected chi connectivity index (χ2v) is 6.74. The van der Waals surface area contributed by atoms with Crippen molar-refractivity contribution >= 4 is 11.6 Å². The zero-order valence-corrected chi connectivity index (χ0v) is 13.8. The lowest BCUT2D eigenvalue weighted by Crippen LogP contribution is -2.14. The molecular weight excluding hydrogens is 274 g/mol. The highest BCUT2D eigenvalue weighted by atomic mass is 16.3. The van der Waals surface area contributed by atoms with Crippen LogP contribution in [0.3, 0.4) is 0 Å². The van der Waals surface area contributed by atoms with Crippen molar-refractivity contribution < 1.29 is 9.90 Å². The Labute approximate surface area is 132 Å². The summed E-state index contributed by atoms with van der Waals surface area (Å²) < 4.78 is 0. The molecule has 0 radical (unpaired) electrons. The second-order valence-electron chi connectivity index (χ2n) is 6.74. The van der Waals surface area contributed by atoms with E-state index in [1.807, 2.05) is 38.1 Å². The number of anilines is 1. The van der Waals surface area contributed by atoms with Gasteiger partial charge in [-0.15, -0.1) is 0 Å². The summed E-state index contributed by atoms with van der Waals surface area (Å²) in [4.78, 5) is 12.3. The van der Waals surface area contributed by atoms with E-state index in [0.717, 1.165) is 11.1 Å². The van der Waals surface area contributed by atoms with Gasteiger partial charge in [-0.2, -0.15) is 0 Å². The summed E-state index contributed by atoms with van der Waals surface area (Å²) in [6.07, 6.45) is 0. The van der Waals surface area contributed by atoms with E-state index in [9.17, 15) is 9.90 Å². The molecule has 3 nitrogen and oxygen atoms in total. The first-order chi connectivity index (χ1) is 10.2. The molecule has 0 saturated heterocycles. The summed E-state index contributed by atoms with van der Waals surface area (Å²) in [5, 5.41) is 12.7. The average Bonchev–Trinajstić information content (AvgIpc) is 2.44. The van der Waals surface area contributed by atoms with E-state index in [1.54, 1.807) is 12.1 Å². The van der Waals surface area contributed by atoms with E-state index in [1.165, 1.54) is 5.56 Å². The van der Waals surface area contributed by atoms with Gasteiger partial charge in [-0.1, -0.05) is 32.9 Å². The Balaban J connectivity index is 2.19. The summed E-state index contributed by atoms with van der Waals surface area (Å²) >= 11 is 0. The van der Waals surface area contributed by atoms with E-state index in [4.69, 9.17) is 0 Å². The molecule has 0 atom stereocenters. The number of aromatic hydroxyl groups is 1. The van der Waals surface area contributed by atoms with Crippen LogP contribution < -0.4 is 5.32 Å². The van der Waals surface area contributed by atoms with Gasteiger partial charge in [0.05, 0.1) is 0 Å². The normalized spacial score (nSPS) is 11.3. The van der Waals surface area contributed by atoms with Gasteiger partial charge in [0.25, 0.3) is 5.91 Å². The van der Waals surface area contributed by atoms with Crippen molar-refractivity contribution in [1.82, 2.24) is 0 Å². The number of benzene rings is 2. The van der Waals surface area contributed by atoms with E-state index < -0.39 is 0 Å². The highest BCUT2D eigenvalue weighted by Crippen LogP contribution is 2.26. The van der Waals surface area contributed by atoms with Gasteiger partial charge in [-0.3, -0.25) is 4.79 Å². The topological polar surface area (TPSA) is 49.3 Å². The third kappa shape index (κ3) is 3.48. The Kier molecular flexibility index (Phi) is 4.27. The van der Waals surface area contributed by atoms with Crippen molar-refractivity contribution in [3.8, 4) is 5.75 Å². The Morgan fingerprint density at radius 2 is 1.50 bits per heavy atom. The Hall–Kier alpha value is -2.29. The molecule has 116 valence electrons. The van der Waals surface area contributed by atoms with Gasteiger partial charge in [0.15, 0.2) is 0 Å². The minimum atomic E-state index is -0.148. The van der Waals surface area contributed by atoms with Crippen LogP contribution in [0.4, 0.5) is 5.69 Å². The van der Waals surface area contributed by atoms with Gasteiger partial charge in [-0.25, -0.2) is 0 Å². The lowest BCUT2D eigenvalue weighted by molar-refractivity contribution is 0.102. The van der Waals surface area contributed by atoms with Crippen molar-refractivity contribution in [3.63, 3.8) is 0 Å². The van der Waals surface area contributed by atoms with Crippen molar-refractivity contribution in [2.45, 2.75) is 40.0 Å². The van der Waals surface area contributed by atoms with E-state index in [2.05, 4.69) is 26.1 Å². The van der Waals surface area contributed by atoms with Crippen LogP contribution in [0.5, 0.6) is 5.75 Å². The van der Waals surface area contributed by atoms with Crippen LogP contribution in [0.1, 0.15) is 47.8 Å². The molecular formula is C19H23NO2. The van der Waals surface area contributed by atoms with Crippen LogP contribution in [-0.2, 0) is 5.41 Å². The van der Waals surface area contributed by atoms with Crippen LogP contribution in [0, 0.1) is 13.8 Å². The summed E-state index contributed by atoms with van der Waals surface area (Å²) in [6.45, 7) is 10.1. The average molecular weight is 297 g/mol. The van der Waals surface area contributed by atoms with Crippen molar-refractivity contribution in [2.75, 3.05) is 5.32 Å². The lowest BCUT2D eigenvalue weighted by Gasteiger charge is -2.19. The van der Waals surface area contributed by atoms with Gasteiger partial charge in [-0.05, 0) is 60.2 Å². The first-order valence-corrected chi connectivity index (χ1v) is 7.40. The van der Waals surface area contributed by atoms with E-state index in [0.29, 0.717) is 11.3 Å². The van der Waals surface area contributed by atoms with Gasteiger partial charge in [0.2, 0.25) is 0 Å². The van der Waals surface area contributed by atoms with E-state index in [-0.39, 0.29) is 17.1 Å². The zero-order chi connectivity index (χ0) is 16.5. The molecule has 0 spiro atoms. The van der Waals surface area contributed by atoms with Crippen LogP contribution in [0.15, 0.2) is 36.4 Å². The van der Waals surface area contributed by atoms with Crippen LogP contribution in [-0.4, -0.2) is 11.0 Å². The monoisotopic (exact) mass is 297 g/mol. The third-order valence-corrected chi connectivity index (χ3v) is 3.76. The number of carbonyl (C=O) groups is 1. The number of rotatable bonds is 2. The Morgan fingerprint density at radius 1 is 1.00 bits per heavy atom. The minimum absolute atomic E-state index is 0.0696. The number of nitrogens with one attached hydrogen (secondary N) is 1. The highest BCUT2D eigenvalue weighted by Gasteiger charge is 2.14. The number of phenols is 1. The molecule has 2 N–H and O–H groups in total. The molecule has 2 rings (SSSR count). The molecule has 0 aromatic heterocycles. The molecule has 2 aromatic carbocycles. The number of carbonyl (C=O) groups excluding carboxylic acids is 1. The smallest absolute Gasteiger partial charge is 0.255 e. The number of hydrogen-bond donors (Lipinski definition) is 2. The van der Waals surface area contributed by atoms with Gasteiger partial charge >= 0.3 is 0 Å². The standard InChI is InChI=1S/C19H23NO2/c1-12-10-16(11-13(2)17(12)21)20-18(22)14-6-8-15(9-7-14)19(3,4)5/h6-11,21H,1-5H3,(H,20,22). The van der Waals surface area contributed by atoms with Crippen LogP contribution in [0.2, 0.25) is 0 Å².